The minimum atomic E-state index is -4.50. The molecule has 2 rings (SSSR count). The molecule has 150 valence electrons. The summed E-state index contributed by atoms with van der Waals surface area (Å²) in [5.74, 6) is -1.10. The largest absolute Gasteiger partial charge is 0.484 e. The molecular formula is C19H19F3N2O4. The van der Waals surface area contributed by atoms with Crippen molar-refractivity contribution in [2.24, 2.45) is 0 Å². The predicted molar refractivity (Wildman–Crippen MR) is 96.2 cm³/mol. The average molecular weight is 396 g/mol. The molecule has 0 aliphatic heterocycles. The van der Waals surface area contributed by atoms with Gasteiger partial charge in [-0.15, -0.1) is 0 Å². The summed E-state index contributed by atoms with van der Waals surface area (Å²) in [7, 11) is 1.50. The fourth-order valence-corrected chi connectivity index (χ4v) is 2.25. The number of anilines is 1. The van der Waals surface area contributed by atoms with Crippen molar-refractivity contribution in [1.82, 2.24) is 5.32 Å². The highest BCUT2D eigenvalue weighted by Crippen LogP contribution is 2.31. The van der Waals surface area contributed by atoms with E-state index in [1.165, 1.54) is 31.4 Å². The number of para-hydroxylation sites is 1. The highest BCUT2D eigenvalue weighted by Gasteiger charge is 2.30. The summed E-state index contributed by atoms with van der Waals surface area (Å²) >= 11 is 0. The van der Waals surface area contributed by atoms with Gasteiger partial charge >= 0.3 is 6.18 Å². The number of ether oxygens (including phenoxy) is 2. The van der Waals surface area contributed by atoms with Crippen LogP contribution in [0.5, 0.6) is 5.75 Å². The minimum Gasteiger partial charge on any atom is -0.484 e. The number of halogens is 3. The van der Waals surface area contributed by atoms with E-state index in [4.69, 9.17) is 9.47 Å². The maximum atomic E-state index is 12.7. The van der Waals surface area contributed by atoms with Crippen molar-refractivity contribution in [3.05, 3.63) is 59.7 Å². The number of nitrogens with one attached hydrogen (secondary N) is 2. The molecule has 0 aliphatic rings. The molecule has 9 heteroatoms. The molecule has 0 bridgehead atoms. The quantitative estimate of drug-likeness (QED) is 0.673. The molecule has 0 saturated heterocycles. The molecule has 0 saturated carbocycles. The smallest absolute Gasteiger partial charge is 0.416 e. The number of alkyl halides is 3. The summed E-state index contributed by atoms with van der Waals surface area (Å²) in [6.07, 6.45) is -4.50. The van der Waals surface area contributed by atoms with E-state index < -0.39 is 30.2 Å². The molecule has 2 aromatic carbocycles. The summed E-state index contributed by atoms with van der Waals surface area (Å²) in [4.78, 5) is 24.3. The van der Waals surface area contributed by atoms with Gasteiger partial charge in [0.2, 0.25) is 0 Å². The Kier molecular flexibility index (Phi) is 7.39. The van der Waals surface area contributed by atoms with Crippen LogP contribution < -0.4 is 15.4 Å². The van der Waals surface area contributed by atoms with Gasteiger partial charge in [0.1, 0.15) is 5.75 Å². The fraction of sp³-hybridized carbons (Fsp3) is 0.263. The molecule has 0 fully saturated rings. The van der Waals surface area contributed by atoms with Gasteiger partial charge in [-0.25, -0.2) is 0 Å². The van der Waals surface area contributed by atoms with Gasteiger partial charge in [-0.3, -0.25) is 9.59 Å². The zero-order valence-electron chi connectivity index (χ0n) is 15.0. The molecule has 0 aromatic heterocycles. The second kappa shape index (κ2) is 9.75. The maximum Gasteiger partial charge on any atom is 0.416 e. The third kappa shape index (κ3) is 6.27. The van der Waals surface area contributed by atoms with Crippen LogP contribution in [0.4, 0.5) is 18.9 Å². The molecule has 28 heavy (non-hydrogen) atoms. The van der Waals surface area contributed by atoms with Gasteiger partial charge in [0.25, 0.3) is 11.8 Å². The number of carbonyl (C=O) groups excluding carboxylic acids is 2. The van der Waals surface area contributed by atoms with E-state index in [0.29, 0.717) is 13.2 Å². The van der Waals surface area contributed by atoms with Crippen LogP contribution in [0.15, 0.2) is 48.5 Å². The van der Waals surface area contributed by atoms with Crippen LogP contribution in [-0.4, -0.2) is 38.7 Å². The molecule has 0 heterocycles. The van der Waals surface area contributed by atoms with Crippen molar-refractivity contribution >= 4 is 17.5 Å². The number of carbonyl (C=O) groups is 2. The van der Waals surface area contributed by atoms with E-state index in [1.807, 2.05) is 0 Å². The van der Waals surface area contributed by atoms with Crippen molar-refractivity contribution in [3.8, 4) is 5.75 Å². The first-order valence-electron chi connectivity index (χ1n) is 8.27. The van der Waals surface area contributed by atoms with Gasteiger partial charge in [-0.05, 0) is 30.3 Å². The number of hydrogen-bond acceptors (Lipinski definition) is 4. The van der Waals surface area contributed by atoms with E-state index in [2.05, 4.69) is 10.6 Å². The van der Waals surface area contributed by atoms with Crippen molar-refractivity contribution in [2.75, 3.05) is 32.2 Å². The number of rotatable bonds is 8. The number of methoxy groups -OCH3 is 1. The summed E-state index contributed by atoms with van der Waals surface area (Å²) in [6.45, 7) is 0.127. The first-order valence-corrected chi connectivity index (χ1v) is 8.27. The lowest BCUT2D eigenvalue weighted by atomic mass is 10.1. The van der Waals surface area contributed by atoms with E-state index in [0.717, 1.165) is 12.1 Å². The van der Waals surface area contributed by atoms with Crippen LogP contribution in [0.1, 0.15) is 15.9 Å². The zero-order chi connectivity index (χ0) is 20.6. The summed E-state index contributed by atoms with van der Waals surface area (Å²) in [5.41, 5.74) is -0.371. The molecule has 0 atom stereocenters. The molecule has 2 N–H and O–H groups in total. The number of hydrogen-bond donors (Lipinski definition) is 2. The third-order valence-corrected chi connectivity index (χ3v) is 3.57. The Morgan fingerprint density at radius 2 is 1.82 bits per heavy atom. The van der Waals surface area contributed by atoms with Gasteiger partial charge in [0.05, 0.1) is 23.4 Å². The Labute approximate surface area is 159 Å². The topological polar surface area (TPSA) is 76.7 Å². The van der Waals surface area contributed by atoms with E-state index in [9.17, 15) is 22.8 Å². The van der Waals surface area contributed by atoms with E-state index in [1.54, 1.807) is 12.1 Å². The van der Waals surface area contributed by atoms with Gasteiger partial charge in [0.15, 0.2) is 6.61 Å². The van der Waals surface area contributed by atoms with Crippen LogP contribution in [0.3, 0.4) is 0 Å². The fourth-order valence-electron chi connectivity index (χ4n) is 2.25. The first-order chi connectivity index (χ1) is 13.3. The summed E-state index contributed by atoms with van der Waals surface area (Å²) in [5, 5.41) is 5.16. The molecular weight excluding hydrogens is 377 g/mol. The summed E-state index contributed by atoms with van der Waals surface area (Å²) in [6, 6.07) is 10.6. The number of benzene rings is 2. The SMILES string of the molecule is COCCNC(=O)c1ccccc1NC(=O)COc1cccc(C(F)(F)F)c1. The van der Waals surface area contributed by atoms with Crippen LogP contribution in [-0.2, 0) is 15.7 Å². The molecule has 0 aliphatic carbocycles. The Bertz CT molecular complexity index is 825. The van der Waals surface area contributed by atoms with Crippen molar-refractivity contribution < 1.29 is 32.2 Å². The van der Waals surface area contributed by atoms with Gasteiger partial charge in [0, 0.05) is 13.7 Å². The van der Waals surface area contributed by atoms with E-state index in [-0.39, 0.29) is 17.0 Å². The molecule has 6 nitrogen and oxygen atoms in total. The number of amides is 2. The molecule has 0 radical (unpaired) electrons. The van der Waals surface area contributed by atoms with Crippen LogP contribution in [0.2, 0.25) is 0 Å². The molecule has 2 aromatic rings. The minimum absolute atomic E-state index is 0.0874. The van der Waals surface area contributed by atoms with Crippen LogP contribution >= 0.6 is 0 Å². The zero-order valence-corrected chi connectivity index (χ0v) is 15.0. The van der Waals surface area contributed by atoms with Crippen molar-refractivity contribution in [2.45, 2.75) is 6.18 Å². The monoisotopic (exact) mass is 396 g/mol. The molecule has 0 spiro atoms. The van der Waals surface area contributed by atoms with Gasteiger partial charge < -0.3 is 20.1 Å². The van der Waals surface area contributed by atoms with Gasteiger partial charge in [-0.1, -0.05) is 18.2 Å². The Morgan fingerprint density at radius 1 is 1.07 bits per heavy atom. The summed E-state index contributed by atoms with van der Waals surface area (Å²) < 4.78 is 48.1. The predicted octanol–water partition coefficient (Wildman–Crippen LogP) is 3.10. The van der Waals surface area contributed by atoms with Crippen LogP contribution in [0, 0.1) is 0 Å². The Balaban J connectivity index is 1.98. The average Bonchev–Trinajstić information content (AvgIpc) is 2.66. The second-order valence-electron chi connectivity index (χ2n) is 5.66. The van der Waals surface area contributed by atoms with Crippen molar-refractivity contribution in [1.29, 1.82) is 0 Å². The van der Waals surface area contributed by atoms with E-state index >= 15 is 0 Å². The van der Waals surface area contributed by atoms with Crippen LogP contribution in [0.25, 0.3) is 0 Å². The maximum absolute atomic E-state index is 12.7. The lowest BCUT2D eigenvalue weighted by molar-refractivity contribution is -0.137. The lowest BCUT2D eigenvalue weighted by Gasteiger charge is -2.12. The highest BCUT2D eigenvalue weighted by molar-refractivity contribution is 6.04. The third-order valence-electron chi connectivity index (χ3n) is 3.57. The highest BCUT2D eigenvalue weighted by atomic mass is 19.4. The van der Waals surface area contributed by atoms with Gasteiger partial charge in [-0.2, -0.15) is 13.2 Å². The molecule has 2 amide bonds. The Morgan fingerprint density at radius 3 is 2.54 bits per heavy atom. The normalized spacial score (nSPS) is 11.0. The Hall–Kier alpha value is -3.07. The second-order valence-corrected chi connectivity index (χ2v) is 5.66. The standard InChI is InChI=1S/C19H19F3N2O4/c1-27-10-9-23-18(26)15-7-2-3-8-16(15)24-17(25)12-28-14-6-4-5-13(11-14)19(20,21)22/h2-8,11H,9-10,12H2,1H3,(H,23,26)(H,24,25). The molecule has 0 unspecified atom stereocenters. The lowest BCUT2D eigenvalue weighted by Crippen LogP contribution is -2.29. The first kappa shape index (κ1) is 21.2. The van der Waals surface area contributed by atoms with Crippen molar-refractivity contribution in [3.63, 3.8) is 0 Å².